The van der Waals surface area contributed by atoms with E-state index in [0.29, 0.717) is 17.0 Å². The smallest absolute Gasteiger partial charge is 0.247 e. The Morgan fingerprint density at radius 3 is 2.50 bits per heavy atom. The van der Waals surface area contributed by atoms with Gasteiger partial charge in [-0.2, -0.15) is 0 Å². The van der Waals surface area contributed by atoms with Crippen molar-refractivity contribution in [3.8, 4) is 5.75 Å². The Hall–Kier alpha value is -2.76. The molecule has 3 rings (SSSR count). The summed E-state index contributed by atoms with van der Waals surface area (Å²) in [6.07, 6.45) is -2.57. The van der Waals surface area contributed by atoms with Crippen LogP contribution in [0.2, 0.25) is 0 Å². The molecule has 0 unspecified atom stereocenters. The minimum absolute atomic E-state index is 0.112. The van der Waals surface area contributed by atoms with Crippen molar-refractivity contribution in [3.05, 3.63) is 42.0 Å². The average molecular weight is 448 g/mol. The van der Waals surface area contributed by atoms with Gasteiger partial charge in [0, 0.05) is 12.5 Å². The second kappa shape index (κ2) is 10.2. The minimum atomic E-state index is -1.43. The van der Waals surface area contributed by atoms with Crippen molar-refractivity contribution < 1.29 is 39.1 Å². The zero-order chi connectivity index (χ0) is 23.4. The van der Waals surface area contributed by atoms with Crippen LogP contribution in [0, 0.1) is 0 Å². The molecule has 0 aromatic heterocycles. The molecule has 1 aromatic carbocycles. The van der Waals surface area contributed by atoms with E-state index in [0.717, 1.165) is 0 Å². The first kappa shape index (κ1) is 23.9. The predicted octanol–water partition coefficient (Wildman–Crippen LogP) is -0.0643. The van der Waals surface area contributed by atoms with Gasteiger partial charge in [-0.05, 0) is 30.7 Å². The Balaban J connectivity index is 1.75. The number of fused-ring (bicyclic) bond motifs is 1. The van der Waals surface area contributed by atoms with Gasteiger partial charge in [-0.25, -0.2) is 0 Å². The fourth-order valence-electron chi connectivity index (χ4n) is 3.74. The molecule has 1 aliphatic heterocycles. The summed E-state index contributed by atoms with van der Waals surface area (Å²) >= 11 is 0. The number of hydrogen-bond donors (Lipinski definition) is 5. The largest absolute Gasteiger partial charge is 0.487 e. The Morgan fingerprint density at radius 2 is 1.84 bits per heavy atom. The van der Waals surface area contributed by atoms with Crippen LogP contribution in [-0.4, -0.2) is 77.1 Å². The number of anilines is 1. The normalized spacial score (nSPS) is 29.7. The van der Waals surface area contributed by atoms with Crippen LogP contribution in [0.1, 0.15) is 19.4 Å². The lowest BCUT2D eigenvalue weighted by atomic mass is 9.83. The first-order valence-electron chi connectivity index (χ1n) is 10.1. The maximum Gasteiger partial charge on any atom is 0.247 e. The third kappa shape index (κ3) is 5.17. The van der Waals surface area contributed by atoms with Crippen LogP contribution in [0.25, 0.3) is 6.08 Å². The highest BCUT2D eigenvalue weighted by molar-refractivity contribution is 5.98. The molecule has 2 aliphatic rings. The Bertz CT molecular complexity index is 902. The van der Waals surface area contributed by atoms with Crippen molar-refractivity contribution in [1.82, 2.24) is 5.32 Å². The van der Waals surface area contributed by atoms with Crippen molar-refractivity contribution >= 4 is 23.6 Å². The Morgan fingerprint density at radius 1 is 1.16 bits per heavy atom. The van der Waals surface area contributed by atoms with Crippen molar-refractivity contribution in [3.63, 3.8) is 0 Å². The number of rotatable bonds is 7. The third-order valence-electron chi connectivity index (χ3n) is 5.31. The van der Waals surface area contributed by atoms with Crippen molar-refractivity contribution in [2.45, 2.75) is 50.4 Å². The lowest BCUT2D eigenvalue weighted by Gasteiger charge is -2.41. The molecule has 1 heterocycles. The zero-order valence-corrected chi connectivity index (χ0v) is 17.9. The second-order valence-corrected chi connectivity index (χ2v) is 7.72. The summed E-state index contributed by atoms with van der Waals surface area (Å²) in [5.41, 5.74) is 1.33. The van der Waals surface area contributed by atoms with E-state index < -0.39 is 42.5 Å². The van der Waals surface area contributed by atoms with Crippen molar-refractivity contribution in [1.29, 1.82) is 0 Å². The molecule has 6 atom stereocenters. The number of carbonyl (C=O) groups is 2. The van der Waals surface area contributed by atoms with E-state index in [-0.39, 0.29) is 24.9 Å². The molecule has 2 fully saturated rings. The van der Waals surface area contributed by atoms with Gasteiger partial charge in [0.25, 0.3) is 0 Å². The molecule has 32 heavy (non-hydrogen) atoms. The minimum Gasteiger partial charge on any atom is -0.487 e. The highest BCUT2D eigenvalue weighted by Crippen LogP contribution is 2.30. The van der Waals surface area contributed by atoms with E-state index >= 15 is 0 Å². The van der Waals surface area contributed by atoms with Crippen LogP contribution in [0.5, 0.6) is 5.75 Å². The van der Waals surface area contributed by atoms with Crippen LogP contribution in [0.15, 0.2) is 36.4 Å². The van der Waals surface area contributed by atoms with E-state index in [2.05, 4.69) is 17.2 Å². The van der Waals surface area contributed by atoms with Crippen LogP contribution in [0.3, 0.4) is 0 Å². The molecule has 2 amide bonds. The molecule has 0 spiro atoms. The first-order valence-corrected chi connectivity index (χ1v) is 10.1. The number of ether oxygens (including phenoxy) is 3. The number of nitrogens with one attached hydrogen (secondary N) is 2. The summed E-state index contributed by atoms with van der Waals surface area (Å²) < 4.78 is 16.0. The number of hydrogen-bond acceptors (Lipinski definition) is 8. The van der Waals surface area contributed by atoms with Gasteiger partial charge in [0.05, 0.1) is 11.7 Å². The molecule has 1 aliphatic carbocycles. The maximum atomic E-state index is 12.7. The summed E-state index contributed by atoms with van der Waals surface area (Å²) in [5.74, 6) is -0.375. The summed E-state index contributed by atoms with van der Waals surface area (Å²) in [7, 11) is 0. The molecule has 10 heteroatoms. The number of amides is 2. The molecule has 10 nitrogen and oxygen atoms in total. The predicted molar refractivity (Wildman–Crippen MR) is 115 cm³/mol. The Kier molecular flexibility index (Phi) is 7.64. The summed E-state index contributed by atoms with van der Waals surface area (Å²) in [4.78, 5) is 24.2. The summed E-state index contributed by atoms with van der Waals surface area (Å²) in [6, 6.07) is 3.88. The van der Waals surface area contributed by atoms with Crippen LogP contribution >= 0.6 is 0 Å². The lowest BCUT2D eigenvalue weighted by Crippen LogP contribution is -2.67. The molecule has 1 saturated heterocycles. The fourth-order valence-corrected chi connectivity index (χ4v) is 3.74. The zero-order valence-electron chi connectivity index (χ0n) is 17.9. The summed E-state index contributed by atoms with van der Waals surface area (Å²) in [5, 5.41) is 36.3. The molecule has 0 bridgehead atoms. The second-order valence-electron chi connectivity index (χ2n) is 7.72. The van der Waals surface area contributed by atoms with E-state index in [1.165, 1.54) is 6.92 Å². The molecule has 174 valence electrons. The van der Waals surface area contributed by atoms with Gasteiger partial charge < -0.3 is 40.2 Å². The van der Waals surface area contributed by atoms with Gasteiger partial charge in [-0.15, -0.1) is 0 Å². The lowest BCUT2D eigenvalue weighted by molar-refractivity contribution is -0.155. The topological polar surface area (TPSA) is 147 Å². The van der Waals surface area contributed by atoms with Crippen LogP contribution < -0.4 is 15.4 Å². The average Bonchev–Trinajstić information content (AvgIpc) is 3.24. The van der Waals surface area contributed by atoms with Gasteiger partial charge in [-0.3, -0.25) is 9.59 Å². The number of aliphatic hydroxyl groups is 3. The molecule has 1 aromatic rings. The molecular weight excluding hydrogens is 420 g/mol. The highest BCUT2D eigenvalue weighted by Gasteiger charge is 2.53. The van der Waals surface area contributed by atoms with E-state index in [9.17, 15) is 24.9 Å². The summed E-state index contributed by atoms with van der Waals surface area (Å²) in [6.45, 7) is 6.67. The molecular formula is C22H28N2O8. The number of benzene rings is 1. The number of aliphatic hydroxyl groups excluding tert-OH is 3. The standard InChI is InChI=1S/C22H28N2O8/c1-4-7-30-15-6-5-13(9-14(15)23-12(3)25)8-11(2)22(29)24-16-17(26)19(28)21-20(18(16)27)31-10-32-21/h4-6,8-9,16-21,26-28H,1,7,10H2,2-3H3,(H,23,25)(H,24,29)/b11-8-/t16-,17+,18-,19-,20+,21-/m1/s1. The highest BCUT2D eigenvalue weighted by atomic mass is 16.7. The molecule has 0 radical (unpaired) electrons. The van der Waals surface area contributed by atoms with Gasteiger partial charge in [0.1, 0.15) is 49.7 Å². The van der Waals surface area contributed by atoms with Gasteiger partial charge >= 0.3 is 0 Å². The van der Waals surface area contributed by atoms with E-state index in [1.54, 1.807) is 37.3 Å². The Labute approximate surface area is 185 Å². The quantitative estimate of drug-likeness (QED) is 0.288. The first-order chi connectivity index (χ1) is 15.2. The van der Waals surface area contributed by atoms with Gasteiger partial charge in [0.2, 0.25) is 11.8 Å². The molecule has 5 N–H and O–H groups in total. The van der Waals surface area contributed by atoms with Crippen LogP contribution in [-0.2, 0) is 19.1 Å². The monoisotopic (exact) mass is 448 g/mol. The van der Waals surface area contributed by atoms with Crippen molar-refractivity contribution in [2.75, 3.05) is 18.7 Å². The third-order valence-corrected chi connectivity index (χ3v) is 5.31. The number of carbonyl (C=O) groups excluding carboxylic acids is 2. The van der Waals surface area contributed by atoms with E-state index in [4.69, 9.17) is 14.2 Å². The maximum absolute atomic E-state index is 12.7. The SMILES string of the molecule is C=CCOc1ccc(/C=C(/C)C(=O)N[C@@H]2[C@H](O)[C@@H](O)[C@H]3OCO[C@H]3[C@@H]2O)cc1NC(C)=O. The molecule has 1 saturated carbocycles. The van der Waals surface area contributed by atoms with Crippen LogP contribution in [0.4, 0.5) is 5.69 Å². The van der Waals surface area contributed by atoms with E-state index in [1.807, 2.05) is 0 Å². The fraction of sp³-hybridized carbons (Fsp3) is 0.455. The van der Waals surface area contributed by atoms with Crippen molar-refractivity contribution in [2.24, 2.45) is 0 Å². The van der Waals surface area contributed by atoms with Gasteiger partial charge in [0.15, 0.2) is 0 Å². The van der Waals surface area contributed by atoms with Gasteiger partial charge in [-0.1, -0.05) is 18.7 Å².